The Morgan fingerprint density at radius 2 is 2.21 bits per heavy atom. The molecule has 0 radical (unpaired) electrons. The van der Waals surface area contributed by atoms with Crippen molar-refractivity contribution in [3.05, 3.63) is 28.0 Å². The monoisotopic (exact) mass is 328 g/mol. The minimum Gasteiger partial charge on any atom is -0.396 e. The molecule has 19 heavy (non-hydrogen) atoms. The lowest BCUT2D eigenvalue weighted by molar-refractivity contribution is 0.255. The second kappa shape index (κ2) is 8.13. The van der Waals surface area contributed by atoms with Gasteiger partial charge in [-0.2, -0.15) is 5.26 Å². The van der Waals surface area contributed by atoms with Crippen molar-refractivity contribution in [1.29, 1.82) is 5.26 Å². The molecule has 0 spiro atoms. The molecule has 0 saturated carbocycles. The molecule has 104 valence electrons. The Kier molecular flexibility index (Phi) is 6.82. The number of aliphatic hydroxyl groups excluding tert-OH is 1. The summed E-state index contributed by atoms with van der Waals surface area (Å²) in [6, 6.07) is 5.07. The van der Waals surface area contributed by atoms with Crippen LogP contribution in [0.15, 0.2) is 16.6 Å². The third-order valence-electron chi connectivity index (χ3n) is 3.02. The fraction of sp³-hybridized carbons (Fsp3) is 0.500. The van der Waals surface area contributed by atoms with E-state index in [1.54, 1.807) is 12.1 Å². The maximum atomic E-state index is 14.0. The van der Waals surface area contributed by atoms with E-state index < -0.39 is 5.82 Å². The highest BCUT2D eigenvalue weighted by Crippen LogP contribution is 2.27. The summed E-state index contributed by atoms with van der Waals surface area (Å²) >= 11 is 3.08. The summed E-state index contributed by atoms with van der Waals surface area (Å²) in [6.07, 6.45) is 2.73. The lowest BCUT2D eigenvalue weighted by Crippen LogP contribution is -2.16. The Labute approximate surface area is 121 Å². The van der Waals surface area contributed by atoms with E-state index in [1.165, 1.54) is 0 Å². The average Bonchev–Trinajstić information content (AvgIpc) is 2.41. The van der Waals surface area contributed by atoms with Crippen LogP contribution < -0.4 is 5.32 Å². The van der Waals surface area contributed by atoms with Crippen LogP contribution in [0.5, 0.6) is 0 Å². The quantitative estimate of drug-likeness (QED) is 0.802. The summed E-state index contributed by atoms with van der Waals surface area (Å²) in [7, 11) is 0. The van der Waals surface area contributed by atoms with E-state index >= 15 is 0 Å². The maximum Gasteiger partial charge on any atom is 0.161 e. The van der Waals surface area contributed by atoms with Gasteiger partial charge in [-0.05, 0) is 46.8 Å². The average molecular weight is 329 g/mol. The number of nitriles is 1. The number of hydrogen-bond donors (Lipinski definition) is 2. The number of benzene rings is 1. The number of aliphatic hydroxyl groups is 1. The summed E-state index contributed by atoms with van der Waals surface area (Å²) in [5.74, 6) is -0.123. The van der Waals surface area contributed by atoms with Gasteiger partial charge in [-0.15, -0.1) is 0 Å². The zero-order valence-electron chi connectivity index (χ0n) is 10.9. The Balaban J connectivity index is 2.72. The molecule has 0 amide bonds. The summed E-state index contributed by atoms with van der Waals surface area (Å²) in [5.41, 5.74) is 0.661. The molecule has 3 nitrogen and oxygen atoms in total. The SMILES string of the molecule is CCCC(CCO)CNc1ccc(C#N)c(Br)c1F. The second-order valence-corrected chi connectivity index (χ2v) is 5.24. The van der Waals surface area contributed by atoms with Gasteiger partial charge in [0.25, 0.3) is 0 Å². The van der Waals surface area contributed by atoms with Crippen LogP contribution in [0.1, 0.15) is 31.7 Å². The van der Waals surface area contributed by atoms with E-state index in [1.807, 2.05) is 6.07 Å². The van der Waals surface area contributed by atoms with Crippen LogP contribution >= 0.6 is 15.9 Å². The first kappa shape index (κ1) is 15.9. The Morgan fingerprint density at radius 1 is 1.47 bits per heavy atom. The van der Waals surface area contributed by atoms with Crippen LogP contribution in [0, 0.1) is 23.1 Å². The van der Waals surface area contributed by atoms with Gasteiger partial charge < -0.3 is 10.4 Å². The molecule has 0 bridgehead atoms. The van der Waals surface area contributed by atoms with Crippen molar-refractivity contribution in [2.24, 2.45) is 5.92 Å². The van der Waals surface area contributed by atoms with Crippen LogP contribution in [-0.2, 0) is 0 Å². The van der Waals surface area contributed by atoms with E-state index in [0.717, 1.165) is 12.8 Å². The fourth-order valence-corrected chi connectivity index (χ4v) is 2.40. The lowest BCUT2D eigenvalue weighted by Gasteiger charge is -2.17. The predicted molar refractivity (Wildman–Crippen MR) is 77.4 cm³/mol. The van der Waals surface area contributed by atoms with Gasteiger partial charge in [0.15, 0.2) is 5.82 Å². The Hall–Kier alpha value is -1.12. The maximum absolute atomic E-state index is 14.0. The molecule has 0 aliphatic heterocycles. The molecule has 0 aliphatic rings. The van der Waals surface area contributed by atoms with E-state index in [4.69, 9.17) is 10.4 Å². The van der Waals surface area contributed by atoms with E-state index in [9.17, 15) is 4.39 Å². The largest absolute Gasteiger partial charge is 0.396 e. The van der Waals surface area contributed by atoms with Crippen molar-refractivity contribution in [1.82, 2.24) is 0 Å². The zero-order valence-corrected chi connectivity index (χ0v) is 12.5. The number of anilines is 1. The van der Waals surface area contributed by atoms with Crippen LogP contribution in [0.2, 0.25) is 0 Å². The van der Waals surface area contributed by atoms with Crippen molar-refractivity contribution in [2.75, 3.05) is 18.5 Å². The fourth-order valence-electron chi connectivity index (χ4n) is 1.97. The van der Waals surface area contributed by atoms with Gasteiger partial charge in [0, 0.05) is 13.2 Å². The molecule has 2 N–H and O–H groups in total. The molecule has 0 saturated heterocycles. The molecular weight excluding hydrogens is 311 g/mol. The first-order valence-electron chi connectivity index (χ1n) is 6.36. The van der Waals surface area contributed by atoms with Gasteiger partial charge in [0.05, 0.1) is 15.7 Å². The molecule has 1 rings (SSSR count). The molecular formula is C14H18BrFN2O. The highest BCUT2D eigenvalue weighted by atomic mass is 79.9. The number of halogens is 2. The van der Waals surface area contributed by atoms with E-state index in [2.05, 4.69) is 28.2 Å². The third-order valence-corrected chi connectivity index (χ3v) is 3.79. The molecule has 0 aliphatic carbocycles. The standard InChI is InChI=1S/C14H18BrFN2O/c1-2-3-10(6-7-19)9-18-12-5-4-11(8-17)13(15)14(12)16/h4-5,10,18-19H,2-3,6-7,9H2,1H3. The zero-order chi connectivity index (χ0) is 14.3. The first-order chi connectivity index (χ1) is 9.13. The highest BCUT2D eigenvalue weighted by Gasteiger charge is 2.13. The Bertz CT molecular complexity index is 453. The van der Waals surface area contributed by atoms with Crippen molar-refractivity contribution >= 4 is 21.6 Å². The normalized spacial score (nSPS) is 11.9. The number of nitrogens with zero attached hydrogens (tertiary/aromatic N) is 1. The summed E-state index contributed by atoms with van der Waals surface area (Å²) in [5, 5.41) is 20.8. The third kappa shape index (κ3) is 4.48. The lowest BCUT2D eigenvalue weighted by atomic mass is 10.00. The smallest absolute Gasteiger partial charge is 0.161 e. The van der Waals surface area contributed by atoms with Crippen LogP contribution in [0.3, 0.4) is 0 Å². The number of nitrogens with one attached hydrogen (secondary N) is 1. The van der Waals surface area contributed by atoms with Gasteiger partial charge in [0.1, 0.15) is 6.07 Å². The summed E-state index contributed by atoms with van der Waals surface area (Å²) < 4.78 is 14.2. The van der Waals surface area contributed by atoms with Crippen LogP contribution in [0.4, 0.5) is 10.1 Å². The van der Waals surface area contributed by atoms with Crippen molar-refractivity contribution in [2.45, 2.75) is 26.2 Å². The predicted octanol–water partition coefficient (Wildman–Crippen LogP) is 3.67. The van der Waals surface area contributed by atoms with Gasteiger partial charge in [-0.25, -0.2) is 4.39 Å². The van der Waals surface area contributed by atoms with Crippen molar-refractivity contribution < 1.29 is 9.50 Å². The molecule has 1 atom stereocenters. The number of rotatable bonds is 7. The summed E-state index contributed by atoms with van der Waals surface area (Å²) in [4.78, 5) is 0. The second-order valence-electron chi connectivity index (χ2n) is 4.45. The van der Waals surface area contributed by atoms with Crippen LogP contribution in [0.25, 0.3) is 0 Å². The molecule has 0 heterocycles. The number of hydrogen-bond acceptors (Lipinski definition) is 3. The van der Waals surface area contributed by atoms with Gasteiger partial charge >= 0.3 is 0 Å². The van der Waals surface area contributed by atoms with Gasteiger partial charge in [-0.1, -0.05) is 13.3 Å². The minimum atomic E-state index is -0.446. The van der Waals surface area contributed by atoms with E-state index in [-0.39, 0.29) is 16.6 Å². The van der Waals surface area contributed by atoms with Gasteiger partial charge in [0.2, 0.25) is 0 Å². The molecule has 0 fully saturated rings. The molecule has 1 aromatic rings. The molecule has 1 unspecified atom stereocenters. The van der Waals surface area contributed by atoms with Crippen LogP contribution in [-0.4, -0.2) is 18.3 Å². The van der Waals surface area contributed by atoms with Crippen molar-refractivity contribution in [3.63, 3.8) is 0 Å². The molecule has 0 aromatic heterocycles. The highest BCUT2D eigenvalue weighted by molar-refractivity contribution is 9.10. The first-order valence-corrected chi connectivity index (χ1v) is 7.16. The molecule has 5 heteroatoms. The Morgan fingerprint density at radius 3 is 2.79 bits per heavy atom. The molecule has 1 aromatic carbocycles. The summed E-state index contributed by atoms with van der Waals surface area (Å²) in [6.45, 7) is 2.85. The topological polar surface area (TPSA) is 56.0 Å². The minimum absolute atomic E-state index is 0.145. The van der Waals surface area contributed by atoms with Gasteiger partial charge in [-0.3, -0.25) is 0 Å². The van der Waals surface area contributed by atoms with Crippen molar-refractivity contribution in [3.8, 4) is 6.07 Å². The van der Waals surface area contributed by atoms with E-state index in [0.29, 0.717) is 24.6 Å².